The Labute approximate surface area is 105 Å². The van der Waals surface area contributed by atoms with E-state index in [1.54, 1.807) is 0 Å². The fourth-order valence-corrected chi connectivity index (χ4v) is 1.53. The second kappa shape index (κ2) is 5.27. The summed E-state index contributed by atoms with van der Waals surface area (Å²) in [4.78, 5) is 17.8. The molecule has 17 heavy (non-hydrogen) atoms. The molecule has 0 amide bonds. The summed E-state index contributed by atoms with van der Waals surface area (Å²) in [6.45, 7) is 5.99. The highest BCUT2D eigenvalue weighted by Gasteiger charge is 2.27. The highest BCUT2D eigenvalue weighted by molar-refractivity contribution is 6.31. The molecule has 0 fully saturated rings. The van der Waals surface area contributed by atoms with Gasteiger partial charge in [0.25, 0.3) is 0 Å². The Hall–Kier alpha value is -1.43. The molecule has 0 atom stereocenters. The Morgan fingerprint density at radius 3 is 2.53 bits per heavy atom. The van der Waals surface area contributed by atoms with Crippen LogP contribution >= 0.6 is 11.6 Å². The van der Waals surface area contributed by atoms with Crippen molar-refractivity contribution in [2.75, 3.05) is 5.32 Å². The molecule has 94 valence electrons. The highest BCUT2D eigenvalue weighted by Crippen LogP contribution is 2.31. The van der Waals surface area contributed by atoms with Crippen molar-refractivity contribution in [3.05, 3.63) is 21.6 Å². The van der Waals surface area contributed by atoms with E-state index in [0.717, 1.165) is 12.8 Å². The predicted octanol–water partition coefficient (Wildman–Crippen LogP) is 3.03. The standard InChI is InChI=1S/C10H15ClN4O2/c1-4-10(3,5-2)14-9-7(15(16)17)8(11)12-6-13-9/h6H,4-5H2,1-3H3,(H,12,13,14). The molecule has 1 aromatic rings. The number of aromatic nitrogens is 2. The van der Waals surface area contributed by atoms with Crippen LogP contribution in [0.5, 0.6) is 0 Å². The first kappa shape index (κ1) is 13.6. The van der Waals surface area contributed by atoms with Crippen LogP contribution in [0.2, 0.25) is 5.15 Å². The Bertz CT molecular complexity index is 421. The van der Waals surface area contributed by atoms with E-state index >= 15 is 0 Å². The molecule has 0 aliphatic carbocycles. The molecule has 1 N–H and O–H groups in total. The lowest BCUT2D eigenvalue weighted by Crippen LogP contribution is -2.33. The summed E-state index contributed by atoms with van der Waals surface area (Å²) in [7, 11) is 0. The summed E-state index contributed by atoms with van der Waals surface area (Å²) in [5, 5.41) is 13.8. The number of halogens is 1. The molecule has 1 rings (SSSR count). The normalized spacial score (nSPS) is 11.3. The molecule has 0 spiro atoms. The summed E-state index contributed by atoms with van der Waals surface area (Å²) in [5.41, 5.74) is -0.523. The second-order valence-electron chi connectivity index (χ2n) is 4.01. The van der Waals surface area contributed by atoms with Crippen LogP contribution in [-0.4, -0.2) is 20.4 Å². The van der Waals surface area contributed by atoms with E-state index in [4.69, 9.17) is 11.6 Å². The van der Waals surface area contributed by atoms with Crippen LogP contribution in [0.3, 0.4) is 0 Å². The second-order valence-corrected chi connectivity index (χ2v) is 4.37. The van der Waals surface area contributed by atoms with E-state index in [9.17, 15) is 10.1 Å². The average Bonchev–Trinajstić information content (AvgIpc) is 2.28. The molecule has 0 aromatic carbocycles. The van der Waals surface area contributed by atoms with Gasteiger partial charge in [0.05, 0.1) is 4.92 Å². The van der Waals surface area contributed by atoms with Crippen molar-refractivity contribution < 1.29 is 4.92 Å². The van der Waals surface area contributed by atoms with Crippen molar-refractivity contribution in [1.82, 2.24) is 9.97 Å². The topological polar surface area (TPSA) is 81.0 Å². The van der Waals surface area contributed by atoms with E-state index in [-0.39, 0.29) is 22.2 Å². The molecule has 0 aliphatic rings. The van der Waals surface area contributed by atoms with Gasteiger partial charge in [-0.25, -0.2) is 9.97 Å². The maximum absolute atomic E-state index is 10.9. The van der Waals surface area contributed by atoms with Crippen LogP contribution in [0.1, 0.15) is 33.6 Å². The highest BCUT2D eigenvalue weighted by atomic mass is 35.5. The van der Waals surface area contributed by atoms with Gasteiger partial charge in [0.15, 0.2) is 0 Å². The molecule has 0 saturated carbocycles. The van der Waals surface area contributed by atoms with E-state index in [2.05, 4.69) is 15.3 Å². The number of anilines is 1. The van der Waals surface area contributed by atoms with E-state index < -0.39 is 4.92 Å². The van der Waals surface area contributed by atoms with Crippen LogP contribution in [0.4, 0.5) is 11.5 Å². The first-order valence-electron chi connectivity index (χ1n) is 5.36. The van der Waals surface area contributed by atoms with Gasteiger partial charge in [0.2, 0.25) is 11.0 Å². The Balaban J connectivity index is 3.15. The predicted molar refractivity (Wildman–Crippen MR) is 66.3 cm³/mol. The summed E-state index contributed by atoms with van der Waals surface area (Å²) in [6.07, 6.45) is 2.86. The van der Waals surface area contributed by atoms with E-state index in [0.29, 0.717) is 0 Å². The van der Waals surface area contributed by atoms with Crippen LogP contribution in [0.15, 0.2) is 6.33 Å². The van der Waals surface area contributed by atoms with Gasteiger partial charge >= 0.3 is 5.69 Å². The summed E-state index contributed by atoms with van der Waals surface area (Å²) >= 11 is 5.71. The molecule has 0 aliphatic heterocycles. The zero-order valence-corrected chi connectivity index (χ0v) is 10.8. The Kier molecular flexibility index (Phi) is 4.22. The maximum Gasteiger partial charge on any atom is 0.348 e. The average molecular weight is 259 g/mol. The van der Waals surface area contributed by atoms with Crippen LogP contribution in [0, 0.1) is 10.1 Å². The van der Waals surface area contributed by atoms with Gasteiger partial charge in [-0.05, 0) is 19.8 Å². The Morgan fingerprint density at radius 1 is 1.47 bits per heavy atom. The van der Waals surface area contributed by atoms with Crippen molar-refractivity contribution in [2.24, 2.45) is 0 Å². The van der Waals surface area contributed by atoms with Crippen LogP contribution < -0.4 is 5.32 Å². The van der Waals surface area contributed by atoms with Crippen molar-refractivity contribution in [2.45, 2.75) is 39.2 Å². The molecule has 1 aromatic heterocycles. The Morgan fingerprint density at radius 2 is 2.06 bits per heavy atom. The zero-order chi connectivity index (χ0) is 13.1. The molecule has 0 unspecified atom stereocenters. The van der Waals surface area contributed by atoms with Gasteiger partial charge in [-0.1, -0.05) is 25.4 Å². The van der Waals surface area contributed by atoms with Gasteiger partial charge < -0.3 is 5.32 Å². The van der Waals surface area contributed by atoms with Gasteiger partial charge in [-0.2, -0.15) is 0 Å². The lowest BCUT2D eigenvalue weighted by Gasteiger charge is -2.28. The molecule has 6 nitrogen and oxygen atoms in total. The first-order chi connectivity index (χ1) is 7.93. The van der Waals surface area contributed by atoms with Crippen molar-refractivity contribution in [1.29, 1.82) is 0 Å². The summed E-state index contributed by atoms with van der Waals surface area (Å²) in [6, 6.07) is 0. The molecular formula is C10H15ClN4O2. The minimum atomic E-state index is -0.573. The minimum Gasteiger partial charge on any atom is -0.359 e. The van der Waals surface area contributed by atoms with Crippen molar-refractivity contribution >= 4 is 23.1 Å². The third kappa shape index (κ3) is 3.03. The van der Waals surface area contributed by atoms with Gasteiger partial charge in [0, 0.05) is 5.54 Å². The van der Waals surface area contributed by atoms with Crippen LogP contribution in [-0.2, 0) is 0 Å². The molecule has 7 heteroatoms. The number of nitrogens with zero attached hydrogens (tertiary/aromatic N) is 3. The lowest BCUT2D eigenvalue weighted by molar-refractivity contribution is -0.384. The fraction of sp³-hybridized carbons (Fsp3) is 0.600. The number of nitro groups is 1. The molecule has 0 saturated heterocycles. The SMILES string of the molecule is CCC(C)(CC)Nc1ncnc(Cl)c1[N+](=O)[O-]. The number of nitrogens with one attached hydrogen (secondary N) is 1. The largest absolute Gasteiger partial charge is 0.359 e. The molecule has 1 heterocycles. The number of hydrogen-bond acceptors (Lipinski definition) is 5. The molecular weight excluding hydrogens is 244 g/mol. The zero-order valence-electron chi connectivity index (χ0n) is 10.0. The fourth-order valence-electron chi connectivity index (χ4n) is 1.32. The third-order valence-electron chi connectivity index (χ3n) is 2.94. The van der Waals surface area contributed by atoms with Crippen molar-refractivity contribution in [3.8, 4) is 0 Å². The maximum atomic E-state index is 10.9. The van der Waals surface area contributed by atoms with Gasteiger partial charge in [0.1, 0.15) is 6.33 Å². The summed E-state index contributed by atoms with van der Waals surface area (Å²) < 4.78 is 0. The van der Waals surface area contributed by atoms with E-state index in [1.165, 1.54) is 6.33 Å². The quantitative estimate of drug-likeness (QED) is 0.499. The monoisotopic (exact) mass is 258 g/mol. The summed E-state index contributed by atoms with van der Waals surface area (Å²) in [5.74, 6) is 0.168. The van der Waals surface area contributed by atoms with Crippen LogP contribution in [0.25, 0.3) is 0 Å². The number of rotatable bonds is 5. The van der Waals surface area contributed by atoms with Gasteiger partial charge in [-0.15, -0.1) is 0 Å². The molecule has 0 radical (unpaired) electrons. The minimum absolute atomic E-state index is 0.151. The van der Waals surface area contributed by atoms with E-state index in [1.807, 2.05) is 20.8 Å². The number of hydrogen-bond donors (Lipinski definition) is 1. The third-order valence-corrected chi connectivity index (χ3v) is 3.22. The lowest BCUT2D eigenvalue weighted by atomic mass is 9.95. The van der Waals surface area contributed by atoms with Crippen molar-refractivity contribution in [3.63, 3.8) is 0 Å². The van der Waals surface area contributed by atoms with Gasteiger partial charge in [-0.3, -0.25) is 10.1 Å². The first-order valence-corrected chi connectivity index (χ1v) is 5.74. The molecule has 0 bridgehead atoms. The smallest absolute Gasteiger partial charge is 0.348 e.